The van der Waals surface area contributed by atoms with Crippen LogP contribution in [0.25, 0.3) is 155 Å². The van der Waals surface area contributed by atoms with Crippen LogP contribution in [0.5, 0.6) is 0 Å². The number of rotatable bonds is 2. The van der Waals surface area contributed by atoms with Crippen molar-refractivity contribution in [3.05, 3.63) is 204 Å². The van der Waals surface area contributed by atoms with Crippen LogP contribution in [-0.2, 0) is 21.7 Å². The van der Waals surface area contributed by atoms with Crippen molar-refractivity contribution in [1.29, 1.82) is 0 Å². The van der Waals surface area contributed by atoms with Crippen molar-refractivity contribution in [1.82, 2.24) is 29.9 Å². The Morgan fingerprint density at radius 2 is 0.548 bits per heavy atom. The first-order valence-electron chi connectivity index (χ1n) is 29.7. The van der Waals surface area contributed by atoms with Gasteiger partial charge in [-0.3, -0.25) is 0 Å². The topological polar surface area (TPSA) is 83.1 Å². The van der Waals surface area contributed by atoms with Gasteiger partial charge in [0, 0.05) is 54.9 Å². The predicted molar refractivity (Wildman–Crippen MR) is 356 cm³/mol. The monoisotopic (exact) mass is 1090 g/mol. The van der Waals surface area contributed by atoms with E-state index in [2.05, 4.69) is 275 Å². The maximum absolute atomic E-state index is 6.33. The lowest BCUT2D eigenvalue weighted by molar-refractivity contribution is 0.568. The van der Waals surface area contributed by atoms with Crippen LogP contribution in [0.15, 0.2) is 182 Å². The van der Waals surface area contributed by atoms with Crippen molar-refractivity contribution >= 4 is 87.0 Å². The lowest BCUT2D eigenvalue weighted by atomic mass is 9.78. The first-order valence-corrected chi connectivity index (χ1v) is 29.7. The zero-order valence-corrected chi connectivity index (χ0v) is 50.1. The Kier molecular flexibility index (Phi) is 11.1. The van der Waals surface area contributed by atoms with E-state index in [-0.39, 0.29) is 21.7 Å². The molecule has 15 rings (SSSR count). The fraction of sp³-hybridized carbons (Fsp3) is 0.205. The van der Waals surface area contributed by atoms with E-state index in [4.69, 9.17) is 19.9 Å². The third-order valence-corrected chi connectivity index (χ3v) is 17.8. The molecule has 13 aromatic rings. The van der Waals surface area contributed by atoms with Gasteiger partial charge in [-0.05, 0) is 147 Å². The number of fused-ring (bicyclic) bond motifs is 24. The number of nitrogens with one attached hydrogen (secondary N) is 2. The van der Waals surface area contributed by atoms with Gasteiger partial charge in [-0.1, -0.05) is 217 Å². The molecule has 410 valence electrons. The fourth-order valence-electron chi connectivity index (χ4n) is 12.9. The molecule has 6 nitrogen and oxygen atoms in total. The summed E-state index contributed by atoms with van der Waals surface area (Å²) in [4.78, 5) is 31.6. The van der Waals surface area contributed by atoms with Crippen molar-refractivity contribution in [3.8, 4) is 67.5 Å². The molecule has 0 spiro atoms. The van der Waals surface area contributed by atoms with Crippen molar-refractivity contribution in [2.75, 3.05) is 0 Å². The Labute approximate surface area is 490 Å². The molecule has 6 heteroatoms. The Morgan fingerprint density at radius 3 is 0.845 bits per heavy atom. The molecule has 0 aliphatic carbocycles. The molecule has 0 fully saturated rings. The Morgan fingerprint density at radius 1 is 0.274 bits per heavy atom. The summed E-state index contributed by atoms with van der Waals surface area (Å²) in [6, 6.07) is 67.9. The molecule has 2 N–H and O–H groups in total. The highest BCUT2D eigenvalue weighted by atomic mass is 15.0. The number of nitrogens with zero attached hydrogens (tertiary/aromatic N) is 4. The normalized spacial score (nSPS) is 13.0. The standard InChI is InChI=1S/C78H68N6/c1-75(2,3)53-29-51(30-54(41-53)76(4,5)6)65-67-57-33-43-21-13-14-22-44(43)34-58(57)68(79-67)66(52-31-55(77(7,8)9)42-56(32-52)78(10,11)12)70-60-36-46-24-16-18-26-48(46)38-62(60)72(81-70)83-74-64-40-50-28-20-19-27-49(50)39-63(64)73(84-74)82-71-61-37-47-25-17-15-23-45(47)35-59(61)69(65)80-71/h13-42H,1-12H3,(H2,80,81,82,83,84). The first kappa shape index (κ1) is 51.6. The van der Waals surface area contributed by atoms with Crippen molar-refractivity contribution in [2.24, 2.45) is 0 Å². The van der Waals surface area contributed by atoms with E-state index >= 15 is 0 Å². The van der Waals surface area contributed by atoms with E-state index < -0.39 is 0 Å². The summed E-state index contributed by atoms with van der Waals surface area (Å²) < 4.78 is 0. The molecule has 8 bridgehead atoms. The summed E-state index contributed by atoms with van der Waals surface area (Å²) in [5.41, 5.74) is 17.6. The third-order valence-electron chi connectivity index (χ3n) is 17.8. The summed E-state index contributed by atoms with van der Waals surface area (Å²) in [6.45, 7) is 27.9. The van der Waals surface area contributed by atoms with E-state index in [1.54, 1.807) is 0 Å². The first-order chi connectivity index (χ1) is 40.1. The maximum atomic E-state index is 6.33. The molecule has 0 atom stereocenters. The van der Waals surface area contributed by atoms with E-state index in [0.29, 0.717) is 11.6 Å². The van der Waals surface area contributed by atoms with Gasteiger partial charge in [0.05, 0.1) is 22.4 Å². The molecular weight excluding hydrogens is 1020 g/mol. The minimum Gasteiger partial charge on any atom is -0.339 e. The maximum Gasteiger partial charge on any atom is 0.164 e. The third kappa shape index (κ3) is 8.43. The van der Waals surface area contributed by atoms with Gasteiger partial charge in [-0.2, -0.15) is 0 Å². The van der Waals surface area contributed by atoms with Gasteiger partial charge in [0.2, 0.25) is 0 Å². The second-order valence-corrected chi connectivity index (χ2v) is 27.8. The minimum absolute atomic E-state index is 0.177. The van der Waals surface area contributed by atoms with Crippen molar-refractivity contribution in [3.63, 3.8) is 0 Å². The average Bonchev–Trinajstić information content (AvgIpc) is 3.31. The molecule has 3 aromatic heterocycles. The summed E-state index contributed by atoms with van der Waals surface area (Å²) in [5.74, 6) is 1.20. The zero-order chi connectivity index (χ0) is 57.9. The van der Waals surface area contributed by atoms with Gasteiger partial charge in [0.1, 0.15) is 11.3 Å². The van der Waals surface area contributed by atoms with Crippen LogP contribution < -0.4 is 0 Å². The van der Waals surface area contributed by atoms with Crippen LogP contribution in [0.4, 0.5) is 0 Å². The van der Waals surface area contributed by atoms with Crippen LogP contribution in [-0.4, -0.2) is 29.9 Å². The molecule has 0 saturated carbocycles. The van der Waals surface area contributed by atoms with Crippen molar-refractivity contribution < 1.29 is 0 Å². The molecule has 2 aliphatic heterocycles. The lowest BCUT2D eigenvalue weighted by Crippen LogP contribution is -2.16. The van der Waals surface area contributed by atoms with E-state index in [9.17, 15) is 0 Å². The van der Waals surface area contributed by atoms with Crippen LogP contribution in [0.1, 0.15) is 105 Å². The molecule has 0 radical (unpaired) electrons. The zero-order valence-electron chi connectivity index (χ0n) is 50.1. The predicted octanol–water partition coefficient (Wildman–Crippen LogP) is 21.2. The van der Waals surface area contributed by atoms with Crippen LogP contribution >= 0.6 is 0 Å². The Bertz CT molecular complexity index is 4790. The van der Waals surface area contributed by atoms with Gasteiger partial charge >= 0.3 is 0 Å². The molecule has 0 unspecified atom stereocenters. The SMILES string of the molecule is CC(C)(C)c1cc(-c2c3nc(c(-c4cc(C(C)(C)C)cc(C(C)(C)C)c4)c4[nH]c(nc5nc(nc6[nH]c2c2cc7ccccc7cc62)-c2cc6ccccc6cc2-5)c2cc5ccccc5cc42)-c2cc4ccccc4cc2-3)cc(C(C)(C)C)c1. The van der Waals surface area contributed by atoms with Crippen LogP contribution in [0.3, 0.4) is 0 Å². The quantitative estimate of drug-likeness (QED) is 0.181. The summed E-state index contributed by atoms with van der Waals surface area (Å²) >= 11 is 0. The van der Waals surface area contributed by atoms with E-state index in [1.165, 1.54) is 22.3 Å². The number of H-pyrrole nitrogens is 2. The smallest absolute Gasteiger partial charge is 0.164 e. The summed E-state index contributed by atoms with van der Waals surface area (Å²) in [5, 5.41) is 13.2. The highest BCUT2D eigenvalue weighted by molar-refractivity contribution is 6.20. The molecule has 5 heterocycles. The average molecular weight is 1090 g/mol. The van der Waals surface area contributed by atoms with Gasteiger partial charge in [0.25, 0.3) is 0 Å². The second-order valence-electron chi connectivity index (χ2n) is 27.8. The van der Waals surface area contributed by atoms with Gasteiger partial charge < -0.3 is 9.97 Å². The van der Waals surface area contributed by atoms with Crippen molar-refractivity contribution in [2.45, 2.75) is 105 Å². The van der Waals surface area contributed by atoms with E-state index in [0.717, 1.165) is 143 Å². The van der Waals surface area contributed by atoms with Crippen LogP contribution in [0, 0.1) is 0 Å². The van der Waals surface area contributed by atoms with E-state index in [1.807, 2.05) is 0 Å². The largest absolute Gasteiger partial charge is 0.339 e. The molecule has 84 heavy (non-hydrogen) atoms. The minimum atomic E-state index is -0.177. The second kappa shape index (κ2) is 18.1. The Balaban J connectivity index is 1.27. The van der Waals surface area contributed by atoms with Gasteiger partial charge in [0.15, 0.2) is 11.6 Å². The molecular formula is C78H68N6. The van der Waals surface area contributed by atoms with Crippen LogP contribution in [0.2, 0.25) is 0 Å². The lowest BCUT2D eigenvalue weighted by Gasteiger charge is -2.26. The molecule has 0 amide bonds. The van der Waals surface area contributed by atoms with Gasteiger partial charge in [-0.15, -0.1) is 0 Å². The summed E-state index contributed by atoms with van der Waals surface area (Å²) in [6.07, 6.45) is 0. The van der Waals surface area contributed by atoms with Gasteiger partial charge in [-0.25, -0.2) is 19.9 Å². The molecule has 0 saturated heterocycles. The fourth-order valence-corrected chi connectivity index (χ4v) is 12.9. The number of aromatic amines is 2. The number of benzene rings is 10. The number of hydrogen-bond acceptors (Lipinski definition) is 4. The molecule has 10 aromatic carbocycles. The molecule has 2 aliphatic rings. The number of aromatic nitrogens is 6. The Hall–Kier alpha value is -9.26. The highest BCUT2D eigenvalue weighted by Crippen LogP contribution is 2.52. The summed E-state index contributed by atoms with van der Waals surface area (Å²) in [7, 11) is 0. The number of hydrogen-bond donors (Lipinski definition) is 2. The highest BCUT2D eigenvalue weighted by Gasteiger charge is 2.32.